The number of piperazine rings is 1. The van der Waals surface area contributed by atoms with E-state index in [1.807, 2.05) is 11.4 Å². The molecular weight excluding hydrogens is 423 g/mol. The first-order valence-electron chi connectivity index (χ1n) is 11.2. The molecule has 0 N–H and O–H groups in total. The highest BCUT2D eigenvalue weighted by Crippen LogP contribution is 2.41. The highest BCUT2D eigenvalue weighted by Gasteiger charge is 2.38. The maximum absolute atomic E-state index is 13.2. The fourth-order valence-electron chi connectivity index (χ4n) is 4.31. The van der Waals surface area contributed by atoms with Crippen molar-refractivity contribution < 1.29 is 9.13 Å². The predicted molar refractivity (Wildman–Crippen MR) is 125 cm³/mol. The first-order valence-corrected chi connectivity index (χ1v) is 12.1. The van der Waals surface area contributed by atoms with E-state index in [-0.39, 0.29) is 11.7 Å². The lowest BCUT2D eigenvalue weighted by Crippen LogP contribution is -2.47. The summed E-state index contributed by atoms with van der Waals surface area (Å²) in [6, 6.07) is 12.9. The number of hydrogen-bond acceptors (Lipinski definition) is 6. The maximum atomic E-state index is 13.2. The molecule has 32 heavy (non-hydrogen) atoms. The van der Waals surface area contributed by atoms with Crippen LogP contribution in [-0.4, -0.2) is 55.7 Å². The average Bonchev–Trinajstić information content (AvgIpc) is 3.27. The summed E-state index contributed by atoms with van der Waals surface area (Å²) in [4.78, 5) is 5.74. The van der Waals surface area contributed by atoms with E-state index < -0.39 is 5.41 Å². The van der Waals surface area contributed by atoms with Crippen LogP contribution < -0.4 is 4.74 Å². The molecule has 1 aliphatic heterocycles. The van der Waals surface area contributed by atoms with Crippen molar-refractivity contribution in [2.75, 3.05) is 45.9 Å². The van der Waals surface area contributed by atoms with E-state index in [1.165, 1.54) is 23.5 Å². The minimum atomic E-state index is -0.602. The predicted octanol–water partition coefficient (Wildman–Crippen LogP) is 4.65. The molecule has 3 rings (SSSR count). The van der Waals surface area contributed by atoms with E-state index in [0.29, 0.717) is 17.9 Å². The molecule has 1 unspecified atom stereocenters. The molecule has 0 amide bonds. The maximum Gasteiger partial charge on any atom is 0.126 e. The van der Waals surface area contributed by atoms with Gasteiger partial charge in [-0.25, -0.2) is 4.39 Å². The third kappa shape index (κ3) is 5.86. The molecule has 2 heterocycles. The van der Waals surface area contributed by atoms with Gasteiger partial charge in [-0.05, 0) is 48.9 Å². The van der Waals surface area contributed by atoms with Crippen LogP contribution >= 0.6 is 11.3 Å². The standard InChI is InChI=1S/C25H31FN4OS/c1-20(2)25(19-28,24-21(18-27)7-16-32-24)8-4-9-29-10-12-30(13-11-29)14-15-31-23-6-3-5-22(26)17-23/h3,5-7,16-17,20H,4,8-15H2,1-2H3. The number of ether oxygens (including phenoxy) is 1. The van der Waals surface area contributed by atoms with Crippen molar-refractivity contribution in [1.29, 1.82) is 10.5 Å². The fraction of sp³-hybridized carbons (Fsp3) is 0.520. The van der Waals surface area contributed by atoms with E-state index in [2.05, 4.69) is 35.8 Å². The third-order valence-corrected chi connectivity index (χ3v) is 7.45. The van der Waals surface area contributed by atoms with Gasteiger partial charge in [0.2, 0.25) is 0 Å². The lowest BCUT2D eigenvalue weighted by molar-refractivity contribution is 0.114. The third-order valence-electron chi connectivity index (χ3n) is 6.36. The Morgan fingerprint density at radius 3 is 2.47 bits per heavy atom. The fourth-order valence-corrected chi connectivity index (χ4v) is 5.48. The summed E-state index contributed by atoms with van der Waals surface area (Å²) in [5, 5.41) is 21.5. The van der Waals surface area contributed by atoms with Gasteiger partial charge in [-0.2, -0.15) is 10.5 Å². The van der Waals surface area contributed by atoms with E-state index >= 15 is 0 Å². The van der Waals surface area contributed by atoms with Gasteiger partial charge in [0, 0.05) is 43.7 Å². The van der Waals surface area contributed by atoms with Gasteiger partial charge in [0.25, 0.3) is 0 Å². The second-order valence-electron chi connectivity index (χ2n) is 8.61. The SMILES string of the molecule is CC(C)C(C#N)(CCCN1CCN(CCOc2cccc(F)c2)CC1)c1sccc1C#N. The zero-order chi connectivity index (χ0) is 23.0. The molecule has 0 bridgehead atoms. The highest BCUT2D eigenvalue weighted by atomic mass is 32.1. The number of rotatable bonds is 10. The van der Waals surface area contributed by atoms with E-state index in [4.69, 9.17) is 4.74 Å². The number of hydrogen-bond donors (Lipinski definition) is 0. The molecular formula is C25H31FN4OS. The Labute approximate surface area is 194 Å². The Kier molecular flexibility index (Phi) is 8.64. The van der Waals surface area contributed by atoms with Crippen LogP contribution in [0.3, 0.4) is 0 Å². The molecule has 0 saturated carbocycles. The van der Waals surface area contributed by atoms with Crippen molar-refractivity contribution in [1.82, 2.24) is 9.80 Å². The topological polar surface area (TPSA) is 63.3 Å². The van der Waals surface area contributed by atoms with Crippen LogP contribution in [0.15, 0.2) is 35.7 Å². The highest BCUT2D eigenvalue weighted by molar-refractivity contribution is 7.10. The zero-order valence-electron chi connectivity index (χ0n) is 18.9. The smallest absolute Gasteiger partial charge is 0.126 e. The van der Waals surface area contributed by atoms with Gasteiger partial charge < -0.3 is 9.64 Å². The number of thiophene rings is 1. The number of benzene rings is 1. The molecule has 1 aromatic heterocycles. The molecule has 1 aliphatic rings. The Morgan fingerprint density at radius 2 is 1.84 bits per heavy atom. The van der Waals surface area contributed by atoms with Crippen molar-refractivity contribution in [2.24, 2.45) is 5.92 Å². The summed E-state index contributed by atoms with van der Waals surface area (Å²) in [6.45, 7) is 10.4. The van der Waals surface area contributed by atoms with Crippen molar-refractivity contribution in [2.45, 2.75) is 32.1 Å². The molecule has 1 aromatic carbocycles. The monoisotopic (exact) mass is 454 g/mol. The summed E-state index contributed by atoms with van der Waals surface area (Å²) in [6.07, 6.45) is 1.69. The lowest BCUT2D eigenvalue weighted by atomic mass is 9.72. The van der Waals surface area contributed by atoms with Gasteiger partial charge in [-0.15, -0.1) is 11.3 Å². The van der Waals surface area contributed by atoms with Crippen LogP contribution in [0.2, 0.25) is 0 Å². The summed E-state index contributed by atoms with van der Waals surface area (Å²) in [7, 11) is 0. The molecule has 0 radical (unpaired) electrons. The Morgan fingerprint density at radius 1 is 1.12 bits per heavy atom. The average molecular weight is 455 g/mol. The molecule has 1 fully saturated rings. The van der Waals surface area contributed by atoms with E-state index in [1.54, 1.807) is 12.1 Å². The largest absolute Gasteiger partial charge is 0.492 e. The quantitative estimate of drug-likeness (QED) is 0.523. The van der Waals surface area contributed by atoms with Gasteiger partial charge in [0.05, 0.1) is 17.0 Å². The van der Waals surface area contributed by atoms with E-state index in [0.717, 1.165) is 57.0 Å². The van der Waals surface area contributed by atoms with Crippen LogP contribution in [0, 0.1) is 34.4 Å². The summed E-state index contributed by atoms with van der Waals surface area (Å²) < 4.78 is 18.9. The Hall–Kier alpha value is -2.45. The van der Waals surface area contributed by atoms with Crippen molar-refractivity contribution in [3.63, 3.8) is 0 Å². The van der Waals surface area contributed by atoms with Crippen LogP contribution in [0.1, 0.15) is 37.1 Å². The summed E-state index contributed by atoms with van der Waals surface area (Å²) in [5.41, 5.74) is 0.0364. The Bertz CT molecular complexity index is 955. The first-order chi connectivity index (χ1) is 15.5. The van der Waals surface area contributed by atoms with Crippen molar-refractivity contribution in [3.8, 4) is 17.9 Å². The molecule has 0 spiro atoms. The normalized spacial score (nSPS) is 16.9. The number of nitrogens with zero attached hydrogens (tertiary/aromatic N) is 4. The van der Waals surface area contributed by atoms with E-state index in [9.17, 15) is 14.9 Å². The Balaban J connectivity index is 1.43. The molecule has 7 heteroatoms. The molecule has 1 atom stereocenters. The van der Waals surface area contributed by atoms with Crippen molar-refractivity contribution >= 4 is 11.3 Å². The van der Waals surface area contributed by atoms with Crippen LogP contribution in [-0.2, 0) is 5.41 Å². The second-order valence-corrected chi connectivity index (χ2v) is 9.52. The number of nitriles is 2. The summed E-state index contributed by atoms with van der Waals surface area (Å²) >= 11 is 1.53. The number of halogens is 1. The lowest BCUT2D eigenvalue weighted by Gasteiger charge is -2.36. The van der Waals surface area contributed by atoms with Crippen LogP contribution in [0.25, 0.3) is 0 Å². The second kappa shape index (κ2) is 11.4. The molecule has 0 aliphatic carbocycles. The molecule has 1 saturated heterocycles. The van der Waals surface area contributed by atoms with Gasteiger partial charge in [0.1, 0.15) is 24.2 Å². The van der Waals surface area contributed by atoms with Crippen molar-refractivity contribution in [3.05, 3.63) is 52.0 Å². The minimum Gasteiger partial charge on any atom is -0.492 e. The summed E-state index contributed by atoms with van der Waals surface area (Å²) in [5.74, 6) is 0.435. The zero-order valence-corrected chi connectivity index (χ0v) is 19.7. The van der Waals surface area contributed by atoms with Crippen LogP contribution in [0.4, 0.5) is 4.39 Å². The van der Waals surface area contributed by atoms with Gasteiger partial charge in [0.15, 0.2) is 0 Å². The first kappa shape index (κ1) is 24.2. The molecule has 2 aromatic rings. The van der Waals surface area contributed by atoms with Gasteiger partial charge >= 0.3 is 0 Å². The van der Waals surface area contributed by atoms with Crippen LogP contribution in [0.5, 0.6) is 5.75 Å². The van der Waals surface area contributed by atoms with Gasteiger partial charge in [-0.3, -0.25) is 4.90 Å². The van der Waals surface area contributed by atoms with Gasteiger partial charge in [-0.1, -0.05) is 19.9 Å². The molecule has 170 valence electrons. The molecule has 5 nitrogen and oxygen atoms in total. The minimum absolute atomic E-state index is 0.146.